The fraction of sp³-hybridized carbons (Fsp3) is 0.939. The molecule has 85 heavy (non-hydrogen) atoms. The zero-order valence-corrected chi connectivity index (χ0v) is 56.9. The number of rotatable bonds is 64. The van der Waals surface area contributed by atoms with E-state index in [1.807, 2.05) is 0 Å². The number of unbranched alkanes of at least 4 members (excludes halogenated alkanes) is 31. The van der Waals surface area contributed by atoms with Crippen LogP contribution >= 0.6 is 15.6 Å². The molecule has 0 aliphatic rings. The van der Waals surface area contributed by atoms with Crippen molar-refractivity contribution in [2.45, 2.75) is 343 Å². The summed E-state index contributed by atoms with van der Waals surface area (Å²) < 4.78 is 67.8. The third-order valence-electron chi connectivity index (χ3n) is 15.5. The van der Waals surface area contributed by atoms with Crippen LogP contribution in [0.3, 0.4) is 0 Å². The van der Waals surface area contributed by atoms with Gasteiger partial charge in [-0.15, -0.1) is 0 Å². The molecule has 0 aromatic carbocycles. The molecule has 19 heteroatoms. The summed E-state index contributed by atoms with van der Waals surface area (Å²) in [7, 11) is -9.88. The Morgan fingerprint density at radius 3 is 0.894 bits per heavy atom. The summed E-state index contributed by atoms with van der Waals surface area (Å²) in [6.45, 7) is 11.7. The molecule has 3 N–H and O–H groups in total. The van der Waals surface area contributed by atoms with E-state index in [4.69, 9.17) is 37.0 Å². The maximum absolute atomic E-state index is 13.0. The Balaban J connectivity index is 5.16. The van der Waals surface area contributed by atoms with E-state index in [1.165, 1.54) is 128 Å². The topological polar surface area (TPSA) is 237 Å². The van der Waals surface area contributed by atoms with E-state index in [0.29, 0.717) is 31.6 Å². The van der Waals surface area contributed by atoms with Gasteiger partial charge >= 0.3 is 39.5 Å². The first-order valence-corrected chi connectivity index (χ1v) is 37.4. The zero-order chi connectivity index (χ0) is 63.1. The normalized spacial score (nSPS) is 14.6. The molecule has 0 heterocycles. The Bertz CT molecular complexity index is 1680. The molecule has 17 nitrogen and oxygen atoms in total. The molecular weight excluding hydrogens is 1130 g/mol. The molecule has 0 saturated heterocycles. The van der Waals surface area contributed by atoms with Crippen molar-refractivity contribution in [3.05, 3.63) is 0 Å². The number of hydrogen-bond donors (Lipinski definition) is 3. The van der Waals surface area contributed by atoms with Crippen molar-refractivity contribution in [2.24, 2.45) is 17.8 Å². The number of aliphatic hydroxyl groups excluding tert-OH is 1. The van der Waals surface area contributed by atoms with Gasteiger partial charge in [0.1, 0.15) is 19.3 Å². The average molecular weight is 1260 g/mol. The third kappa shape index (κ3) is 59.5. The van der Waals surface area contributed by atoms with Crippen molar-refractivity contribution in [2.75, 3.05) is 39.6 Å². The lowest BCUT2D eigenvalue weighted by Gasteiger charge is -2.21. The second kappa shape index (κ2) is 57.2. The van der Waals surface area contributed by atoms with Crippen LogP contribution in [0, 0.1) is 17.8 Å². The summed E-state index contributed by atoms with van der Waals surface area (Å²) in [4.78, 5) is 72.0. The van der Waals surface area contributed by atoms with Crippen LogP contribution in [0.15, 0.2) is 0 Å². The minimum absolute atomic E-state index is 0.101. The number of carbonyl (C=O) groups is 4. The van der Waals surface area contributed by atoms with Gasteiger partial charge in [-0.2, -0.15) is 0 Å². The maximum atomic E-state index is 13.0. The van der Waals surface area contributed by atoms with Gasteiger partial charge in [0.05, 0.1) is 26.4 Å². The third-order valence-corrected chi connectivity index (χ3v) is 17.4. The number of ether oxygens (including phenoxy) is 4. The number of carbonyl (C=O) groups excluding carboxylic acids is 4. The molecule has 0 aromatic heterocycles. The Morgan fingerprint density at radius 2 is 0.600 bits per heavy atom. The Hall–Kier alpha value is -1.94. The zero-order valence-electron chi connectivity index (χ0n) is 55.1. The van der Waals surface area contributed by atoms with Crippen molar-refractivity contribution in [1.29, 1.82) is 0 Å². The second-order valence-corrected chi connectivity index (χ2v) is 28.0. The fourth-order valence-corrected chi connectivity index (χ4v) is 11.4. The van der Waals surface area contributed by atoms with Crippen LogP contribution in [-0.2, 0) is 65.4 Å². The number of esters is 4. The van der Waals surface area contributed by atoms with Crippen molar-refractivity contribution in [3.8, 4) is 0 Å². The highest BCUT2D eigenvalue weighted by atomic mass is 31.2. The lowest BCUT2D eigenvalue weighted by atomic mass is 9.99. The van der Waals surface area contributed by atoms with Crippen molar-refractivity contribution >= 4 is 39.5 Å². The number of hydrogen-bond acceptors (Lipinski definition) is 15. The molecule has 0 aromatic rings. The highest BCUT2D eigenvalue weighted by molar-refractivity contribution is 7.47. The fourth-order valence-electron chi connectivity index (χ4n) is 9.80. The maximum Gasteiger partial charge on any atom is 0.472 e. The Labute approximate surface area is 517 Å². The van der Waals surface area contributed by atoms with Crippen LogP contribution in [0.5, 0.6) is 0 Å². The second-order valence-electron chi connectivity index (χ2n) is 25.1. The first kappa shape index (κ1) is 83.1. The molecule has 0 bridgehead atoms. The SMILES string of the molecule is CCCCCCCC(=O)OC[C@H](COP(=O)(O)OC[C@H](O)COP(=O)(O)OC[C@@H](COC(=O)CCCCCCCCCCCCC(C)C)OC(=O)CCCCCCCCCCCCCCCCC(C)CC)OC(=O)CCCCCCCCC(C)C. The number of aliphatic hydroxyl groups is 1. The van der Waals surface area contributed by atoms with E-state index in [-0.39, 0.29) is 25.7 Å². The Morgan fingerprint density at radius 1 is 0.341 bits per heavy atom. The van der Waals surface area contributed by atoms with Crippen LogP contribution in [0.2, 0.25) is 0 Å². The van der Waals surface area contributed by atoms with Gasteiger partial charge < -0.3 is 33.8 Å². The first-order valence-electron chi connectivity index (χ1n) is 34.4. The molecule has 0 saturated carbocycles. The van der Waals surface area contributed by atoms with Gasteiger partial charge in [0.2, 0.25) is 0 Å². The molecule has 6 atom stereocenters. The number of phosphoric ester groups is 2. The van der Waals surface area contributed by atoms with E-state index in [2.05, 4.69) is 48.5 Å². The van der Waals surface area contributed by atoms with Crippen molar-refractivity contribution < 1.29 is 80.2 Å². The molecule has 0 aliphatic carbocycles. The van der Waals surface area contributed by atoms with Crippen molar-refractivity contribution in [1.82, 2.24) is 0 Å². The quantitative estimate of drug-likeness (QED) is 0.0222. The lowest BCUT2D eigenvalue weighted by Crippen LogP contribution is -2.30. The summed E-state index contributed by atoms with van der Waals surface area (Å²) in [5, 5.41) is 10.5. The molecule has 0 radical (unpaired) electrons. The summed E-state index contributed by atoms with van der Waals surface area (Å²) >= 11 is 0. The summed E-state index contributed by atoms with van der Waals surface area (Å²) in [5.74, 6) is 0.127. The van der Waals surface area contributed by atoms with Gasteiger partial charge in [0.15, 0.2) is 12.2 Å². The molecule has 0 spiro atoms. The molecule has 504 valence electrons. The van der Waals surface area contributed by atoms with Gasteiger partial charge in [-0.25, -0.2) is 9.13 Å². The highest BCUT2D eigenvalue weighted by Gasteiger charge is 2.30. The summed E-state index contributed by atoms with van der Waals surface area (Å²) in [5.41, 5.74) is 0. The van der Waals surface area contributed by atoms with E-state index in [9.17, 15) is 43.2 Å². The van der Waals surface area contributed by atoms with Crippen LogP contribution in [0.25, 0.3) is 0 Å². The average Bonchev–Trinajstić information content (AvgIpc) is 3.50. The van der Waals surface area contributed by atoms with Gasteiger partial charge in [-0.05, 0) is 43.4 Å². The lowest BCUT2D eigenvalue weighted by molar-refractivity contribution is -0.161. The smallest absolute Gasteiger partial charge is 0.462 e. The van der Waals surface area contributed by atoms with E-state index < -0.39 is 97.5 Å². The number of phosphoric acid groups is 2. The van der Waals surface area contributed by atoms with Gasteiger partial charge in [0, 0.05) is 25.7 Å². The van der Waals surface area contributed by atoms with Gasteiger partial charge in [0.25, 0.3) is 0 Å². The molecule has 0 aliphatic heterocycles. The molecule has 0 fully saturated rings. The predicted molar refractivity (Wildman–Crippen MR) is 340 cm³/mol. The van der Waals surface area contributed by atoms with Gasteiger partial charge in [-0.3, -0.25) is 37.3 Å². The monoisotopic (exact) mass is 1250 g/mol. The van der Waals surface area contributed by atoms with E-state index >= 15 is 0 Å². The Kier molecular flexibility index (Phi) is 55.9. The van der Waals surface area contributed by atoms with Crippen LogP contribution in [0.4, 0.5) is 0 Å². The summed E-state index contributed by atoms with van der Waals surface area (Å²) in [6, 6.07) is 0. The molecule has 0 amide bonds. The molecule has 0 rings (SSSR count). The minimum atomic E-state index is -4.95. The summed E-state index contributed by atoms with van der Waals surface area (Å²) in [6.07, 6.45) is 39.5. The standard InChI is InChI=1S/C66H128O17P2/c1-8-10-11-30-40-47-63(68)76-53-61(83-66(71)50-43-36-29-28-32-38-45-58(5)6)55-80-84(72,73)78-51-60(67)52-79-85(74,75)81-56-62(54-77-64(69)48-41-34-26-22-19-18-20-24-31-37-44-57(3)4)82-65(70)49-42-35-27-23-17-15-13-12-14-16-21-25-33-39-46-59(7)9-2/h57-62,67H,8-56H2,1-7H3,(H,72,73)(H,74,75)/t59?,60-,61+,62+/m0/s1. The van der Waals surface area contributed by atoms with E-state index in [1.54, 1.807) is 0 Å². The van der Waals surface area contributed by atoms with Crippen LogP contribution in [-0.4, -0.2) is 96.7 Å². The molecule has 3 unspecified atom stereocenters. The largest absolute Gasteiger partial charge is 0.472 e. The van der Waals surface area contributed by atoms with Crippen molar-refractivity contribution in [3.63, 3.8) is 0 Å². The van der Waals surface area contributed by atoms with E-state index in [0.717, 1.165) is 108 Å². The minimum Gasteiger partial charge on any atom is -0.462 e. The predicted octanol–water partition coefficient (Wildman–Crippen LogP) is 18.3. The molecular formula is C66H128O17P2. The first-order chi connectivity index (χ1) is 40.8. The highest BCUT2D eigenvalue weighted by Crippen LogP contribution is 2.45. The van der Waals surface area contributed by atoms with Gasteiger partial charge in [-0.1, -0.05) is 273 Å². The van der Waals surface area contributed by atoms with Crippen LogP contribution in [0.1, 0.15) is 325 Å². The van der Waals surface area contributed by atoms with Crippen LogP contribution < -0.4 is 0 Å².